The molecule has 0 amide bonds. The minimum Gasteiger partial charge on any atom is -0.478 e. The van der Waals surface area contributed by atoms with Gasteiger partial charge in [0.15, 0.2) is 5.82 Å². The van der Waals surface area contributed by atoms with Crippen LogP contribution in [0, 0.1) is 11.7 Å². The zero-order chi connectivity index (χ0) is 16.4. The molecule has 0 spiro atoms. The maximum atomic E-state index is 14.1. The molecule has 0 aromatic heterocycles. The first kappa shape index (κ1) is 18.0. The lowest BCUT2D eigenvalue weighted by molar-refractivity contribution is 0.0691. The number of carbonyl (C=O) groups is 1. The standard InChI is InChI=1S/C12H15BrFNO5S/c1-6(2)9(5-16)15-21(19,20)10-4-7(13)3-8(11(10)14)12(17)18/h3-4,6,9,15-16H,5H2,1-2H3,(H,17,18)/t9-/m1/s1. The van der Waals surface area contributed by atoms with E-state index in [9.17, 15) is 17.6 Å². The highest BCUT2D eigenvalue weighted by Gasteiger charge is 2.28. The fourth-order valence-electron chi connectivity index (χ4n) is 1.56. The summed E-state index contributed by atoms with van der Waals surface area (Å²) in [6.45, 7) is 2.91. The third-order valence-corrected chi connectivity index (χ3v) is 4.78. The summed E-state index contributed by atoms with van der Waals surface area (Å²) in [6.07, 6.45) is 0. The Morgan fingerprint density at radius 1 is 1.43 bits per heavy atom. The second-order valence-corrected chi connectivity index (χ2v) is 7.32. The average molecular weight is 384 g/mol. The van der Waals surface area contributed by atoms with Crippen molar-refractivity contribution in [3.8, 4) is 0 Å². The summed E-state index contributed by atoms with van der Waals surface area (Å²) in [7, 11) is -4.30. The fourth-order valence-corrected chi connectivity index (χ4v) is 3.67. The number of carboxylic acids is 1. The van der Waals surface area contributed by atoms with E-state index in [0.29, 0.717) is 0 Å². The second kappa shape index (κ2) is 6.82. The van der Waals surface area contributed by atoms with E-state index in [1.165, 1.54) is 0 Å². The molecule has 0 fully saturated rings. The first-order valence-corrected chi connectivity index (χ1v) is 8.23. The van der Waals surface area contributed by atoms with Crippen LogP contribution in [0.15, 0.2) is 21.5 Å². The highest BCUT2D eigenvalue weighted by atomic mass is 79.9. The number of aromatic carboxylic acids is 1. The molecule has 0 aliphatic heterocycles. The van der Waals surface area contributed by atoms with Gasteiger partial charge in [-0.2, -0.15) is 0 Å². The number of sulfonamides is 1. The van der Waals surface area contributed by atoms with Crippen molar-refractivity contribution in [2.45, 2.75) is 24.8 Å². The lowest BCUT2D eigenvalue weighted by atomic mass is 10.1. The second-order valence-electron chi connectivity index (χ2n) is 4.72. The summed E-state index contributed by atoms with van der Waals surface area (Å²) in [5.41, 5.74) is -0.755. The van der Waals surface area contributed by atoms with Gasteiger partial charge in [-0.25, -0.2) is 22.3 Å². The molecule has 21 heavy (non-hydrogen) atoms. The minimum atomic E-state index is -4.30. The molecule has 0 bridgehead atoms. The summed E-state index contributed by atoms with van der Waals surface area (Å²) >= 11 is 2.95. The zero-order valence-corrected chi connectivity index (χ0v) is 13.7. The van der Waals surface area contributed by atoms with Gasteiger partial charge < -0.3 is 10.2 Å². The number of carboxylic acid groups (broad SMARTS) is 1. The van der Waals surface area contributed by atoms with Gasteiger partial charge in [0.1, 0.15) is 4.90 Å². The number of benzene rings is 1. The fraction of sp³-hybridized carbons (Fsp3) is 0.417. The molecule has 3 N–H and O–H groups in total. The Kier molecular flexibility index (Phi) is 5.85. The van der Waals surface area contributed by atoms with Crippen LogP contribution in [0.3, 0.4) is 0 Å². The van der Waals surface area contributed by atoms with E-state index in [2.05, 4.69) is 20.7 Å². The summed E-state index contributed by atoms with van der Waals surface area (Å²) in [5.74, 6) is -3.15. The number of hydrogen-bond donors (Lipinski definition) is 3. The van der Waals surface area contributed by atoms with Gasteiger partial charge in [0.2, 0.25) is 10.0 Å². The summed E-state index contributed by atoms with van der Waals surface area (Å²) in [4.78, 5) is 10.1. The Morgan fingerprint density at radius 2 is 2.00 bits per heavy atom. The molecule has 0 aliphatic carbocycles. The van der Waals surface area contributed by atoms with Gasteiger partial charge in [-0.3, -0.25) is 0 Å². The number of hydrogen-bond acceptors (Lipinski definition) is 4. The number of rotatable bonds is 6. The predicted molar refractivity (Wildman–Crippen MR) is 77.1 cm³/mol. The number of aliphatic hydroxyl groups is 1. The van der Waals surface area contributed by atoms with Crippen molar-refractivity contribution in [2.24, 2.45) is 5.92 Å². The Balaban J connectivity index is 3.35. The molecule has 0 saturated heterocycles. The van der Waals surface area contributed by atoms with Crippen LogP contribution in [0.2, 0.25) is 0 Å². The van der Waals surface area contributed by atoms with Crippen molar-refractivity contribution in [1.29, 1.82) is 0 Å². The molecule has 0 aliphatic rings. The van der Waals surface area contributed by atoms with Crippen LogP contribution in [0.4, 0.5) is 4.39 Å². The summed E-state index contributed by atoms with van der Waals surface area (Å²) in [5, 5.41) is 18.0. The number of halogens is 2. The number of nitrogens with one attached hydrogen (secondary N) is 1. The van der Waals surface area contributed by atoms with E-state index in [4.69, 9.17) is 10.2 Å². The van der Waals surface area contributed by atoms with Crippen molar-refractivity contribution in [2.75, 3.05) is 6.61 Å². The Hall–Kier alpha value is -1.03. The van der Waals surface area contributed by atoms with Gasteiger partial charge in [0, 0.05) is 10.5 Å². The molecule has 0 heterocycles. The SMILES string of the molecule is CC(C)[C@@H](CO)NS(=O)(=O)c1cc(Br)cc(C(=O)O)c1F. The van der Waals surface area contributed by atoms with Crippen molar-refractivity contribution < 1.29 is 27.8 Å². The van der Waals surface area contributed by atoms with E-state index in [0.717, 1.165) is 12.1 Å². The van der Waals surface area contributed by atoms with Crippen molar-refractivity contribution >= 4 is 31.9 Å². The smallest absolute Gasteiger partial charge is 0.338 e. The van der Waals surface area contributed by atoms with Gasteiger partial charge >= 0.3 is 5.97 Å². The van der Waals surface area contributed by atoms with Crippen LogP contribution in [-0.4, -0.2) is 37.2 Å². The highest BCUT2D eigenvalue weighted by molar-refractivity contribution is 9.10. The normalized spacial score (nSPS) is 13.4. The van der Waals surface area contributed by atoms with Gasteiger partial charge in [-0.05, 0) is 18.1 Å². The minimum absolute atomic E-state index is 0.117. The lowest BCUT2D eigenvalue weighted by Gasteiger charge is -2.20. The maximum Gasteiger partial charge on any atom is 0.338 e. The topological polar surface area (TPSA) is 104 Å². The molecule has 1 aromatic carbocycles. The summed E-state index contributed by atoms with van der Waals surface area (Å²) in [6, 6.07) is 1.14. The largest absolute Gasteiger partial charge is 0.478 e. The predicted octanol–water partition coefficient (Wildman–Crippen LogP) is 1.58. The van der Waals surface area contributed by atoms with Crippen LogP contribution in [0.1, 0.15) is 24.2 Å². The molecule has 118 valence electrons. The van der Waals surface area contributed by atoms with E-state index in [1.54, 1.807) is 13.8 Å². The molecule has 1 atom stereocenters. The van der Waals surface area contributed by atoms with Crippen LogP contribution >= 0.6 is 15.9 Å². The summed E-state index contributed by atoms with van der Waals surface area (Å²) < 4.78 is 40.7. The molecular weight excluding hydrogens is 369 g/mol. The van der Waals surface area contributed by atoms with E-state index in [1.807, 2.05) is 0 Å². The molecule has 9 heteroatoms. The Bertz CT molecular complexity index is 647. The Morgan fingerprint density at radius 3 is 2.43 bits per heavy atom. The highest BCUT2D eigenvalue weighted by Crippen LogP contribution is 2.24. The molecule has 1 rings (SSSR count). The van der Waals surface area contributed by atoms with Crippen LogP contribution in [0.25, 0.3) is 0 Å². The van der Waals surface area contributed by atoms with Gasteiger partial charge in [0.05, 0.1) is 12.2 Å². The van der Waals surface area contributed by atoms with Gasteiger partial charge in [0.25, 0.3) is 0 Å². The van der Waals surface area contributed by atoms with Gasteiger partial charge in [-0.1, -0.05) is 29.8 Å². The maximum absolute atomic E-state index is 14.1. The molecule has 1 aromatic rings. The van der Waals surface area contributed by atoms with E-state index < -0.39 is 44.9 Å². The molecule has 0 saturated carbocycles. The molecular formula is C12H15BrFNO5S. The van der Waals surface area contributed by atoms with Crippen molar-refractivity contribution in [3.63, 3.8) is 0 Å². The molecule has 0 radical (unpaired) electrons. The van der Waals surface area contributed by atoms with Crippen molar-refractivity contribution in [1.82, 2.24) is 4.72 Å². The van der Waals surface area contributed by atoms with Crippen molar-refractivity contribution in [3.05, 3.63) is 28.0 Å². The quantitative estimate of drug-likeness (QED) is 0.691. The lowest BCUT2D eigenvalue weighted by Crippen LogP contribution is -2.41. The third-order valence-electron chi connectivity index (χ3n) is 2.83. The number of aliphatic hydroxyl groups excluding tert-OH is 1. The Labute approximate surface area is 130 Å². The van der Waals surface area contributed by atoms with Crippen LogP contribution in [0.5, 0.6) is 0 Å². The van der Waals surface area contributed by atoms with Crippen LogP contribution < -0.4 is 4.72 Å². The molecule has 6 nitrogen and oxygen atoms in total. The third kappa shape index (κ3) is 4.22. The first-order valence-electron chi connectivity index (χ1n) is 5.95. The van der Waals surface area contributed by atoms with Crippen LogP contribution in [-0.2, 0) is 10.0 Å². The first-order chi connectivity index (χ1) is 9.60. The average Bonchev–Trinajstić information content (AvgIpc) is 2.37. The van der Waals surface area contributed by atoms with Gasteiger partial charge in [-0.15, -0.1) is 0 Å². The van der Waals surface area contributed by atoms with E-state index in [-0.39, 0.29) is 10.4 Å². The van der Waals surface area contributed by atoms with E-state index >= 15 is 0 Å². The monoisotopic (exact) mass is 383 g/mol. The zero-order valence-electron chi connectivity index (χ0n) is 11.3. The molecule has 0 unspecified atom stereocenters.